The highest BCUT2D eigenvalue weighted by atomic mass is 32.2. The van der Waals surface area contributed by atoms with Gasteiger partial charge in [0.1, 0.15) is 0 Å². The summed E-state index contributed by atoms with van der Waals surface area (Å²) in [6, 6.07) is 5.27. The fourth-order valence-electron chi connectivity index (χ4n) is 3.20. The maximum absolute atomic E-state index is 12.3. The summed E-state index contributed by atoms with van der Waals surface area (Å²) in [6.45, 7) is 3.47. The topological polar surface area (TPSA) is 123 Å². The van der Waals surface area contributed by atoms with Gasteiger partial charge in [-0.05, 0) is 44.4 Å². The first-order valence-electron chi connectivity index (χ1n) is 9.12. The van der Waals surface area contributed by atoms with Gasteiger partial charge in [-0.15, -0.1) is 0 Å². The summed E-state index contributed by atoms with van der Waals surface area (Å²) in [5.74, 6) is -3.41. The van der Waals surface area contributed by atoms with Crippen LogP contribution in [0.5, 0.6) is 0 Å². The molecule has 1 amide bonds. The zero-order chi connectivity index (χ0) is 22.7. The highest BCUT2D eigenvalue weighted by Gasteiger charge is 2.38. The van der Waals surface area contributed by atoms with E-state index in [0.29, 0.717) is 5.52 Å². The largest absolute Gasteiger partial charge is 0.490 e. The van der Waals surface area contributed by atoms with E-state index in [1.54, 1.807) is 19.1 Å². The molecule has 1 saturated heterocycles. The Hall–Kier alpha value is -2.76. The van der Waals surface area contributed by atoms with Crippen molar-refractivity contribution >= 4 is 38.5 Å². The number of halogens is 3. The second kappa shape index (κ2) is 8.94. The molecule has 0 atom stereocenters. The van der Waals surface area contributed by atoms with Crippen LogP contribution in [-0.4, -0.2) is 54.4 Å². The molecule has 1 fully saturated rings. The van der Waals surface area contributed by atoms with Gasteiger partial charge in [-0.1, -0.05) is 0 Å². The number of alkyl halides is 3. The summed E-state index contributed by atoms with van der Waals surface area (Å²) in [7, 11) is -3.49. The van der Waals surface area contributed by atoms with E-state index in [-0.39, 0.29) is 11.3 Å². The smallest absolute Gasteiger partial charge is 0.475 e. The molecule has 0 unspecified atom stereocenters. The van der Waals surface area contributed by atoms with Crippen molar-refractivity contribution in [2.45, 2.75) is 32.4 Å². The molecular formula is C18H22F3N3O5S. The fraction of sp³-hybridized carbons (Fsp3) is 0.444. The van der Waals surface area contributed by atoms with Crippen molar-refractivity contribution in [2.75, 3.05) is 23.7 Å². The number of carbonyl (C=O) groups excluding carboxylic acids is 1. The lowest BCUT2D eigenvalue weighted by Crippen LogP contribution is -2.29. The third-order valence-corrected chi connectivity index (χ3v) is 6.29. The number of nitrogens with two attached hydrogens (primary N) is 1. The molecule has 0 radical (unpaired) electrons. The van der Waals surface area contributed by atoms with Crippen molar-refractivity contribution in [3.63, 3.8) is 0 Å². The third-order valence-electron chi connectivity index (χ3n) is 4.66. The van der Waals surface area contributed by atoms with Crippen molar-refractivity contribution in [1.82, 2.24) is 3.97 Å². The number of benzene rings is 1. The summed E-state index contributed by atoms with van der Waals surface area (Å²) in [5, 5.41) is 7.89. The normalized spacial score (nSPS) is 14.9. The maximum Gasteiger partial charge on any atom is 0.490 e. The van der Waals surface area contributed by atoms with Gasteiger partial charge in [0.05, 0.1) is 16.8 Å². The molecular weight excluding hydrogens is 427 g/mol. The molecule has 2 aromatic rings. The number of rotatable bonds is 4. The highest BCUT2D eigenvalue weighted by molar-refractivity contribution is 7.90. The molecule has 166 valence electrons. The van der Waals surface area contributed by atoms with Crippen LogP contribution in [0.4, 0.5) is 18.9 Å². The molecule has 1 aromatic heterocycles. The van der Waals surface area contributed by atoms with Crippen LogP contribution in [-0.2, 0) is 14.8 Å². The number of aliphatic carboxylic acids is 1. The van der Waals surface area contributed by atoms with E-state index in [4.69, 9.17) is 15.6 Å². The van der Waals surface area contributed by atoms with Crippen LogP contribution in [0.25, 0.3) is 10.9 Å². The number of carbonyl (C=O) groups is 2. The van der Waals surface area contributed by atoms with E-state index in [2.05, 4.69) is 4.90 Å². The van der Waals surface area contributed by atoms with E-state index >= 15 is 0 Å². The standard InChI is InChI=1S/C16H21N3O3S.C2HF3O2/c1-2-23(21,22)19-11-8-12-14(18-9-4-3-5-10-18)7-6-13(15(12)19)16(17)20;3-2(4,5)1(6)7/h6-8,11H,2-5,9-10H2,1H3,(H2,17,20);(H,6,7). The highest BCUT2D eigenvalue weighted by Crippen LogP contribution is 2.33. The van der Waals surface area contributed by atoms with Gasteiger partial charge in [-0.3, -0.25) is 4.79 Å². The number of anilines is 1. The minimum atomic E-state index is -5.08. The molecule has 8 nitrogen and oxygen atoms in total. The minimum absolute atomic E-state index is 0.0388. The Morgan fingerprint density at radius 3 is 2.17 bits per heavy atom. The van der Waals surface area contributed by atoms with Crippen molar-refractivity contribution < 1.29 is 36.3 Å². The van der Waals surface area contributed by atoms with Gasteiger partial charge in [0, 0.05) is 30.4 Å². The first-order chi connectivity index (χ1) is 13.9. The van der Waals surface area contributed by atoms with Gasteiger partial charge in [-0.2, -0.15) is 13.2 Å². The number of nitrogens with zero attached hydrogens (tertiary/aromatic N) is 2. The van der Waals surface area contributed by atoms with Crippen LogP contribution in [0.1, 0.15) is 36.5 Å². The Balaban J connectivity index is 0.000000396. The monoisotopic (exact) mass is 449 g/mol. The number of hydrogen-bond donors (Lipinski definition) is 2. The Morgan fingerprint density at radius 2 is 1.70 bits per heavy atom. The Labute approximate surface area is 171 Å². The molecule has 1 aromatic carbocycles. The van der Waals surface area contributed by atoms with Gasteiger partial charge in [-0.25, -0.2) is 17.2 Å². The summed E-state index contributed by atoms with van der Waals surface area (Å²) >= 11 is 0. The summed E-state index contributed by atoms with van der Waals surface area (Å²) < 4.78 is 57.6. The first kappa shape index (κ1) is 23.5. The molecule has 0 spiro atoms. The first-order valence-corrected chi connectivity index (χ1v) is 10.7. The van der Waals surface area contributed by atoms with Crippen LogP contribution >= 0.6 is 0 Å². The molecule has 0 aliphatic carbocycles. The zero-order valence-electron chi connectivity index (χ0n) is 16.1. The maximum atomic E-state index is 12.3. The third kappa shape index (κ3) is 5.04. The number of fused-ring (bicyclic) bond motifs is 1. The van der Waals surface area contributed by atoms with Crippen LogP contribution in [0.2, 0.25) is 0 Å². The number of carboxylic acids is 1. The number of primary amides is 1. The van der Waals surface area contributed by atoms with E-state index in [0.717, 1.165) is 37.0 Å². The van der Waals surface area contributed by atoms with Gasteiger partial charge < -0.3 is 15.7 Å². The molecule has 1 aliphatic heterocycles. The molecule has 30 heavy (non-hydrogen) atoms. The van der Waals surface area contributed by atoms with Crippen molar-refractivity contribution in [3.05, 3.63) is 30.0 Å². The predicted octanol–water partition coefficient (Wildman–Crippen LogP) is 2.56. The Bertz CT molecular complexity index is 1040. The average molecular weight is 449 g/mol. The molecule has 3 N–H and O–H groups in total. The average Bonchev–Trinajstić information content (AvgIpc) is 3.13. The van der Waals surface area contributed by atoms with E-state index in [9.17, 15) is 26.4 Å². The molecule has 3 rings (SSSR count). The lowest BCUT2D eigenvalue weighted by Gasteiger charge is -2.29. The SMILES string of the molecule is CCS(=O)(=O)n1ccc2c(N3CCCCC3)ccc(C(N)=O)c21.O=C(O)C(F)(F)F. The van der Waals surface area contributed by atoms with Crippen LogP contribution in [0, 0.1) is 0 Å². The summed E-state index contributed by atoms with van der Waals surface area (Å²) in [4.78, 5) is 22.9. The molecule has 12 heteroatoms. The van der Waals surface area contributed by atoms with Gasteiger partial charge in [0.25, 0.3) is 5.91 Å². The second-order valence-electron chi connectivity index (χ2n) is 6.62. The predicted molar refractivity (Wildman–Crippen MR) is 105 cm³/mol. The van der Waals surface area contributed by atoms with Crippen molar-refractivity contribution in [1.29, 1.82) is 0 Å². The number of piperidine rings is 1. The van der Waals surface area contributed by atoms with Crippen molar-refractivity contribution in [3.8, 4) is 0 Å². The Morgan fingerprint density at radius 1 is 1.13 bits per heavy atom. The number of hydrogen-bond acceptors (Lipinski definition) is 5. The van der Waals surface area contributed by atoms with Crippen LogP contribution in [0.15, 0.2) is 24.4 Å². The lowest BCUT2D eigenvalue weighted by atomic mass is 10.1. The minimum Gasteiger partial charge on any atom is -0.475 e. The molecule has 2 heterocycles. The van der Waals surface area contributed by atoms with Gasteiger partial charge in [0.15, 0.2) is 0 Å². The van der Waals surface area contributed by atoms with Gasteiger partial charge in [0.2, 0.25) is 10.0 Å². The van der Waals surface area contributed by atoms with E-state index in [1.807, 2.05) is 6.07 Å². The zero-order valence-corrected chi connectivity index (χ0v) is 17.0. The second-order valence-corrected chi connectivity index (χ2v) is 8.76. The number of amides is 1. The van der Waals surface area contributed by atoms with E-state index in [1.165, 1.54) is 16.6 Å². The summed E-state index contributed by atoms with van der Waals surface area (Å²) in [5.41, 5.74) is 7.06. The summed E-state index contributed by atoms with van der Waals surface area (Å²) in [6.07, 6.45) is -0.117. The molecule has 0 saturated carbocycles. The van der Waals surface area contributed by atoms with Crippen molar-refractivity contribution in [2.24, 2.45) is 5.73 Å². The quantitative estimate of drug-likeness (QED) is 0.740. The fourth-order valence-corrected chi connectivity index (χ4v) is 4.20. The van der Waals surface area contributed by atoms with Crippen LogP contribution < -0.4 is 10.6 Å². The Kier molecular flexibility index (Phi) is 7.01. The molecule has 1 aliphatic rings. The van der Waals surface area contributed by atoms with Crippen LogP contribution in [0.3, 0.4) is 0 Å². The molecule has 0 bridgehead atoms. The van der Waals surface area contributed by atoms with Gasteiger partial charge >= 0.3 is 12.1 Å². The number of carboxylic acid groups (broad SMARTS) is 1. The van der Waals surface area contributed by atoms with E-state index < -0.39 is 28.1 Å². The lowest BCUT2D eigenvalue weighted by molar-refractivity contribution is -0.192. The number of aromatic nitrogens is 1.